The predicted molar refractivity (Wildman–Crippen MR) is 65.9 cm³/mol. The summed E-state index contributed by atoms with van der Waals surface area (Å²) < 4.78 is 38.1. The Bertz CT molecular complexity index is 497. The van der Waals surface area contributed by atoms with E-state index in [-0.39, 0.29) is 5.56 Å². The largest absolute Gasteiger partial charge is 0.417 e. The van der Waals surface area contributed by atoms with Gasteiger partial charge in [-0.1, -0.05) is 0 Å². The molecule has 19 heavy (non-hydrogen) atoms. The molecule has 0 N–H and O–H groups in total. The molecule has 1 aliphatic rings. The van der Waals surface area contributed by atoms with Crippen LogP contribution in [0.3, 0.4) is 0 Å². The maximum atomic E-state index is 12.7. The van der Waals surface area contributed by atoms with Crippen LogP contribution in [0.4, 0.5) is 18.9 Å². The fourth-order valence-corrected chi connectivity index (χ4v) is 2.13. The van der Waals surface area contributed by atoms with E-state index >= 15 is 0 Å². The van der Waals surface area contributed by atoms with Crippen LogP contribution in [0.5, 0.6) is 0 Å². The third-order valence-electron chi connectivity index (χ3n) is 3.30. The number of piperazine rings is 1. The molecule has 1 fully saturated rings. The molecule has 0 radical (unpaired) electrons. The zero-order chi connectivity index (χ0) is 14.0. The van der Waals surface area contributed by atoms with Crippen LogP contribution in [0.2, 0.25) is 0 Å². The lowest BCUT2D eigenvalue weighted by atomic mass is 10.1. The van der Waals surface area contributed by atoms with E-state index < -0.39 is 11.7 Å². The monoisotopic (exact) mass is 269 g/mol. The molecule has 1 saturated heterocycles. The summed E-state index contributed by atoms with van der Waals surface area (Å²) in [7, 11) is 2.00. The van der Waals surface area contributed by atoms with Crippen LogP contribution >= 0.6 is 0 Å². The summed E-state index contributed by atoms with van der Waals surface area (Å²) in [6.45, 7) is 3.24. The average Bonchev–Trinajstić information content (AvgIpc) is 2.38. The van der Waals surface area contributed by atoms with Gasteiger partial charge in [0.25, 0.3) is 0 Å². The van der Waals surface area contributed by atoms with E-state index in [1.165, 1.54) is 12.1 Å². The van der Waals surface area contributed by atoms with Crippen LogP contribution < -0.4 is 4.90 Å². The van der Waals surface area contributed by atoms with Gasteiger partial charge in [0.2, 0.25) is 0 Å². The molecule has 0 spiro atoms. The van der Waals surface area contributed by atoms with Crippen molar-refractivity contribution >= 4 is 5.69 Å². The summed E-state index contributed by atoms with van der Waals surface area (Å²) in [5.74, 6) is 0. The maximum Gasteiger partial charge on any atom is 0.417 e. The van der Waals surface area contributed by atoms with Crippen molar-refractivity contribution in [3.05, 3.63) is 29.3 Å². The molecule has 1 heterocycles. The van der Waals surface area contributed by atoms with E-state index in [2.05, 4.69) is 4.90 Å². The number of rotatable bonds is 1. The minimum Gasteiger partial charge on any atom is -0.369 e. The van der Waals surface area contributed by atoms with Gasteiger partial charge in [-0.05, 0) is 25.2 Å². The Morgan fingerprint density at radius 2 is 1.79 bits per heavy atom. The van der Waals surface area contributed by atoms with Crippen LogP contribution in [0.15, 0.2) is 18.2 Å². The number of hydrogen-bond acceptors (Lipinski definition) is 3. The Kier molecular flexibility index (Phi) is 3.67. The number of halogens is 3. The third-order valence-corrected chi connectivity index (χ3v) is 3.30. The number of likely N-dealkylation sites (N-methyl/N-ethyl adjacent to an activating group) is 1. The molecule has 0 amide bonds. The summed E-state index contributed by atoms with van der Waals surface area (Å²) in [6, 6.07) is 5.39. The quantitative estimate of drug-likeness (QED) is 0.784. The summed E-state index contributed by atoms with van der Waals surface area (Å²) >= 11 is 0. The number of benzene rings is 1. The highest BCUT2D eigenvalue weighted by molar-refractivity contribution is 5.55. The van der Waals surface area contributed by atoms with Crippen LogP contribution in [0.1, 0.15) is 11.1 Å². The number of anilines is 1. The number of hydrogen-bond donors (Lipinski definition) is 0. The molecule has 102 valence electrons. The van der Waals surface area contributed by atoms with Gasteiger partial charge in [0.1, 0.15) is 0 Å². The van der Waals surface area contributed by atoms with Crippen molar-refractivity contribution in [2.24, 2.45) is 0 Å². The lowest BCUT2D eigenvalue weighted by molar-refractivity contribution is -0.137. The Morgan fingerprint density at radius 1 is 1.16 bits per heavy atom. The van der Waals surface area contributed by atoms with E-state index in [1.807, 2.05) is 11.9 Å². The lowest BCUT2D eigenvalue weighted by Gasteiger charge is -2.34. The molecule has 3 nitrogen and oxygen atoms in total. The first-order valence-corrected chi connectivity index (χ1v) is 5.96. The Balaban J connectivity index is 2.28. The van der Waals surface area contributed by atoms with E-state index in [0.717, 1.165) is 32.2 Å². The van der Waals surface area contributed by atoms with Crippen molar-refractivity contribution in [1.82, 2.24) is 4.90 Å². The first-order chi connectivity index (χ1) is 8.91. The van der Waals surface area contributed by atoms with Gasteiger partial charge in [-0.2, -0.15) is 18.4 Å². The van der Waals surface area contributed by atoms with Gasteiger partial charge in [-0.3, -0.25) is 0 Å². The first kappa shape index (κ1) is 13.7. The van der Waals surface area contributed by atoms with Crippen molar-refractivity contribution in [2.45, 2.75) is 6.18 Å². The van der Waals surface area contributed by atoms with Gasteiger partial charge in [-0.25, -0.2) is 0 Å². The SMILES string of the molecule is CN1CCN(c2ccc(C(F)(F)F)c(C#N)c2)CC1. The molecule has 0 saturated carbocycles. The minimum atomic E-state index is -4.48. The summed E-state index contributed by atoms with van der Waals surface area (Å²) in [4.78, 5) is 4.16. The molecule has 1 aliphatic heterocycles. The van der Waals surface area contributed by atoms with E-state index in [1.54, 1.807) is 6.07 Å². The Labute approximate surface area is 109 Å². The molecule has 0 atom stereocenters. The van der Waals surface area contributed by atoms with Crippen molar-refractivity contribution in [3.8, 4) is 6.07 Å². The van der Waals surface area contributed by atoms with Gasteiger partial charge >= 0.3 is 6.18 Å². The van der Waals surface area contributed by atoms with Gasteiger partial charge in [0.05, 0.1) is 17.2 Å². The normalized spacial score (nSPS) is 17.3. The van der Waals surface area contributed by atoms with Crippen molar-refractivity contribution in [3.63, 3.8) is 0 Å². The number of nitriles is 1. The van der Waals surface area contributed by atoms with Crippen molar-refractivity contribution in [2.75, 3.05) is 38.1 Å². The highest BCUT2D eigenvalue weighted by Crippen LogP contribution is 2.33. The average molecular weight is 269 g/mol. The molecule has 0 aromatic heterocycles. The molecular weight excluding hydrogens is 255 g/mol. The van der Waals surface area contributed by atoms with Crippen LogP contribution in [-0.2, 0) is 6.18 Å². The molecule has 2 rings (SSSR count). The topological polar surface area (TPSA) is 30.3 Å². The molecule has 0 unspecified atom stereocenters. The van der Waals surface area contributed by atoms with Gasteiger partial charge in [0, 0.05) is 31.9 Å². The Hall–Kier alpha value is -1.74. The molecule has 0 bridgehead atoms. The van der Waals surface area contributed by atoms with Gasteiger partial charge in [-0.15, -0.1) is 0 Å². The fourth-order valence-electron chi connectivity index (χ4n) is 2.13. The number of alkyl halides is 3. The maximum absolute atomic E-state index is 12.7. The second-order valence-electron chi connectivity index (χ2n) is 4.63. The fraction of sp³-hybridized carbons (Fsp3) is 0.462. The highest BCUT2D eigenvalue weighted by atomic mass is 19.4. The molecule has 6 heteroatoms. The minimum absolute atomic E-state index is 0.316. The molecular formula is C13H14F3N3. The van der Waals surface area contributed by atoms with E-state index in [4.69, 9.17) is 5.26 Å². The number of nitrogens with zero attached hydrogens (tertiary/aromatic N) is 3. The second kappa shape index (κ2) is 5.10. The Morgan fingerprint density at radius 3 is 2.32 bits per heavy atom. The van der Waals surface area contributed by atoms with Crippen LogP contribution in [0.25, 0.3) is 0 Å². The lowest BCUT2D eigenvalue weighted by Crippen LogP contribution is -2.44. The van der Waals surface area contributed by atoms with Gasteiger partial charge < -0.3 is 9.80 Å². The van der Waals surface area contributed by atoms with E-state index in [9.17, 15) is 13.2 Å². The summed E-state index contributed by atoms with van der Waals surface area (Å²) in [5.41, 5.74) is -0.505. The van der Waals surface area contributed by atoms with Crippen molar-refractivity contribution in [1.29, 1.82) is 5.26 Å². The molecule has 1 aromatic rings. The predicted octanol–water partition coefficient (Wildman–Crippen LogP) is 2.33. The highest BCUT2D eigenvalue weighted by Gasteiger charge is 2.33. The van der Waals surface area contributed by atoms with Crippen LogP contribution in [0, 0.1) is 11.3 Å². The summed E-state index contributed by atoms with van der Waals surface area (Å²) in [6.07, 6.45) is -4.48. The smallest absolute Gasteiger partial charge is 0.369 e. The van der Waals surface area contributed by atoms with Crippen molar-refractivity contribution < 1.29 is 13.2 Å². The van der Waals surface area contributed by atoms with Gasteiger partial charge in [0.15, 0.2) is 0 Å². The first-order valence-electron chi connectivity index (χ1n) is 5.96. The molecule has 1 aromatic carbocycles. The zero-order valence-corrected chi connectivity index (χ0v) is 10.5. The second-order valence-corrected chi connectivity index (χ2v) is 4.63. The van der Waals surface area contributed by atoms with E-state index in [0.29, 0.717) is 5.69 Å². The third kappa shape index (κ3) is 2.99. The zero-order valence-electron chi connectivity index (χ0n) is 10.5. The van der Waals surface area contributed by atoms with Crippen LogP contribution in [-0.4, -0.2) is 38.1 Å². The standard InChI is InChI=1S/C13H14F3N3/c1-18-4-6-19(7-5-18)11-2-3-12(13(14,15)16)10(8-11)9-17/h2-3,8H,4-7H2,1H3. The summed E-state index contributed by atoms with van der Waals surface area (Å²) in [5, 5.41) is 8.87. The molecule has 0 aliphatic carbocycles.